The average Bonchev–Trinajstić information content (AvgIpc) is 3.77. The minimum atomic E-state index is -0.132. The summed E-state index contributed by atoms with van der Waals surface area (Å²) in [5.74, 6) is 0. The molecule has 2 unspecified atom stereocenters. The molecule has 7 aromatic rings. The predicted molar refractivity (Wildman–Crippen MR) is 178 cm³/mol. The molecule has 2 bridgehead atoms. The van der Waals surface area contributed by atoms with Crippen molar-refractivity contribution in [3.63, 3.8) is 0 Å². The Morgan fingerprint density at radius 3 is 2.02 bits per heavy atom. The fourth-order valence-corrected chi connectivity index (χ4v) is 8.84. The molecule has 2 aliphatic carbocycles. The first-order valence-electron chi connectivity index (χ1n) is 15.5. The molecule has 1 fully saturated rings. The molecule has 0 saturated heterocycles. The van der Waals surface area contributed by atoms with Crippen LogP contribution in [0.1, 0.15) is 60.9 Å². The summed E-state index contributed by atoms with van der Waals surface area (Å²) in [6, 6.07) is 33.5. The van der Waals surface area contributed by atoms with E-state index in [1.165, 1.54) is 11.1 Å². The molecule has 5 aromatic carbocycles. The fraction of sp³-hybridized carbons (Fsp3) is 0.200. The lowest BCUT2D eigenvalue weighted by Crippen LogP contribution is -2.26. The molecule has 9 rings (SSSR count). The number of para-hydroxylation sites is 3. The molecule has 5 nitrogen and oxygen atoms in total. The van der Waals surface area contributed by atoms with E-state index in [-0.39, 0.29) is 10.8 Å². The fourth-order valence-electron chi connectivity index (χ4n) is 8.84. The number of anilines is 3. The molecular formula is C40H29N3O2. The zero-order chi connectivity index (χ0) is 30.7. The van der Waals surface area contributed by atoms with Gasteiger partial charge in [-0.3, -0.25) is 0 Å². The second-order valence-corrected chi connectivity index (χ2v) is 13.4. The van der Waals surface area contributed by atoms with Crippen LogP contribution in [0.5, 0.6) is 0 Å². The normalized spacial score (nSPS) is 20.2. The Hall–Kier alpha value is -5.52. The highest BCUT2D eigenvalue weighted by molar-refractivity contribution is 6.11. The molecular weight excluding hydrogens is 554 g/mol. The Kier molecular flexibility index (Phi) is 5.06. The maximum absolute atomic E-state index is 10.9. The van der Waals surface area contributed by atoms with Crippen molar-refractivity contribution >= 4 is 60.9 Å². The molecule has 2 aliphatic rings. The predicted octanol–water partition coefficient (Wildman–Crippen LogP) is 10.7. The molecule has 0 radical (unpaired) electrons. The smallest absolute Gasteiger partial charge is 0.159 e. The zero-order valence-electron chi connectivity index (χ0n) is 25.4. The molecule has 2 atom stereocenters. The second-order valence-electron chi connectivity index (χ2n) is 13.4. The number of nitrogens with zero attached hydrogens (tertiary/aromatic N) is 3. The van der Waals surface area contributed by atoms with E-state index in [1.54, 1.807) is 0 Å². The summed E-state index contributed by atoms with van der Waals surface area (Å²) in [6.45, 7) is 6.70. The van der Waals surface area contributed by atoms with Crippen LogP contribution in [0.2, 0.25) is 0 Å². The first kappa shape index (κ1) is 25.9. The maximum atomic E-state index is 10.9. The van der Waals surface area contributed by atoms with Gasteiger partial charge in [0, 0.05) is 27.6 Å². The molecule has 2 heterocycles. The Labute approximate surface area is 260 Å². The number of benzene rings is 5. The Morgan fingerprint density at radius 1 is 0.667 bits per heavy atom. The van der Waals surface area contributed by atoms with Crippen molar-refractivity contribution < 1.29 is 8.83 Å². The van der Waals surface area contributed by atoms with E-state index in [9.17, 15) is 10.5 Å². The SMILES string of the molecule is Cc1c(C#N)c(C#N)c(N(c2ccc3c(c2)oc2ccccc23)c2cccc3c2oc2ccccc23)c2c1C1(C)CCC2(C)C1. The van der Waals surface area contributed by atoms with Crippen molar-refractivity contribution in [3.8, 4) is 12.1 Å². The lowest BCUT2D eigenvalue weighted by atomic mass is 9.73. The number of furan rings is 2. The number of rotatable bonds is 3. The van der Waals surface area contributed by atoms with Gasteiger partial charge in [-0.15, -0.1) is 0 Å². The minimum absolute atomic E-state index is 0.0533. The molecule has 2 aromatic heterocycles. The van der Waals surface area contributed by atoms with Gasteiger partial charge in [0.2, 0.25) is 0 Å². The highest BCUT2D eigenvalue weighted by Gasteiger charge is 2.56. The van der Waals surface area contributed by atoms with Crippen LogP contribution in [0.3, 0.4) is 0 Å². The van der Waals surface area contributed by atoms with Crippen molar-refractivity contribution in [3.05, 3.63) is 113 Å². The maximum Gasteiger partial charge on any atom is 0.159 e. The van der Waals surface area contributed by atoms with Gasteiger partial charge in [-0.1, -0.05) is 62.4 Å². The highest BCUT2D eigenvalue weighted by Crippen LogP contribution is 2.65. The van der Waals surface area contributed by atoms with E-state index in [1.807, 2.05) is 49.4 Å². The van der Waals surface area contributed by atoms with Crippen molar-refractivity contribution in [1.29, 1.82) is 10.5 Å². The van der Waals surface area contributed by atoms with Gasteiger partial charge in [-0.25, -0.2) is 0 Å². The standard InChI is InChI=1S/C40H29N3O2/c1-23-29(20-41)30(21-42)37(36-35(23)39(2)17-18-40(36,3)22-39)43(24-15-16-27-25-9-4-6-13-32(25)44-34(27)19-24)31-12-8-11-28-26-10-5-7-14-33(26)45-38(28)31/h4-16,19H,17-18,22H2,1-3H3. The quantitative estimate of drug-likeness (QED) is 0.207. The summed E-state index contributed by atoms with van der Waals surface area (Å²) in [7, 11) is 0. The van der Waals surface area contributed by atoms with E-state index >= 15 is 0 Å². The van der Waals surface area contributed by atoms with Crippen molar-refractivity contribution in [2.24, 2.45) is 0 Å². The van der Waals surface area contributed by atoms with E-state index in [2.05, 4.69) is 73.4 Å². The summed E-state index contributed by atoms with van der Waals surface area (Å²) < 4.78 is 13.0. The number of hydrogen-bond donors (Lipinski definition) is 0. The first-order valence-corrected chi connectivity index (χ1v) is 15.5. The Bertz CT molecular complexity index is 2500. The second kappa shape index (κ2) is 8.78. The summed E-state index contributed by atoms with van der Waals surface area (Å²) in [4.78, 5) is 2.17. The molecule has 45 heavy (non-hydrogen) atoms. The molecule has 0 N–H and O–H groups in total. The van der Waals surface area contributed by atoms with Crippen LogP contribution >= 0.6 is 0 Å². The average molecular weight is 584 g/mol. The van der Waals surface area contributed by atoms with Crippen LogP contribution in [0.4, 0.5) is 17.1 Å². The van der Waals surface area contributed by atoms with Gasteiger partial charge >= 0.3 is 0 Å². The van der Waals surface area contributed by atoms with E-state index in [0.29, 0.717) is 11.1 Å². The van der Waals surface area contributed by atoms with E-state index in [0.717, 1.165) is 85.8 Å². The number of fused-ring (bicyclic) bond motifs is 11. The van der Waals surface area contributed by atoms with Crippen LogP contribution in [0.15, 0.2) is 93.8 Å². The summed E-state index contributed by atoms with van der Waals surface area (Å²) >= 11 is 0. The van der Waals surface area contributed by atoms with Crippen molar-refractivity contribution in [1.82, 2.24) is 0 Å². The van der Waals surface area contributed by atoms with Gasteiger partial charge in [-0.2, -0.15) is 10.5 Å². The molecule has 216 valence electrons. The van der Waals surface area contributed by atoms with E-state index < -0.39 is 0 Å². The molecule has 5 heteroatoms. The molecule has 1 saturated carbocycles. The largest absolute Gasteiger partial charge is 0.456 e. The molecule has 0 aliphatic heterocycles. The Balaban J connectivity index is 1.45. The van der Waals surface area contributed by atoms with Crippen LogP contribution in [0, 0.1) is 29.6 Å². The van der Waals surface area contributed by atoms with Crippen LogP contribution in [-0.4, -0.2) is 0 Å². The third kappa shape index (κ3) is 3.30. The van der Waals surface area contributed by atoms with Crippen LogP contribution < -0.4 is 4.90 Å². The topological polar surface area (TPSA) is 77.1 Å². The van der Waals surface area contributed by atoms with Crippen LogP contribution in [0.25, 0.3) is 43.9 Å². The van der Waals surface area contributed by atoms with Gasteiger partial charge in [0.1, 0.15) is 28.9 Å². The van der Waals surface area contributed by atoms with Gasteiger partial charge in [-0.05, 0) is 84.0 Å². The zero-order valence-corrected chi connectivity index (χ0v) is 25.4. The lowest BCUT2D eigenvalue weighted by molar-refractivity contribution is 0.483. The van der Waals surface area contributed by atoms with Crippen molar-refractivity contribution in [2.75, 3.05) is 4.90 Å². The highest BCUT2D eigenvalue weighted by atomic mass is 16.3. The minimum Gasteiger partial charge on any atom is -0.456 e. The van der Waals surface area contributed by atoms with Crippen LogP contribution in [-0.2, 0) is 10.8 Å². The number of hydrogen-bond acceptors (Lipinski definition) is 5. The summed E-state index contributed by atoms with van der Waals surface area (Å²) in [6.07, 6.45) is 3.09. The third-order valence-corrected chi connectivity index (χ3v) is 10.6. The summed E-state index contributed by atoms with van der Waals surface area (Å²) in [5, 5.41) is 25.6. The first-order chi connectivity index (χ1) is 21.8. The molecule has 0 amide bonds. The monoisotopic (exact) mass is 583 g/mol. The van der Waals surface area contributed by atoms with Gasteiger partial charge in [0.25, 0.3) is 0 Å². The van der Waals surface area contributed by atoms with Gasteiger partial charge < -0.3 is 13.7 Å². The lowest BCUT2D eigenvalue weighted by Gasteiger charge is -2.37. The van der Waals surface area contributed by atoms with E-state index in [4.69, 9.17) is 8.83 Å². The van der Waals surface area contributed by atoms with Crippen molar-refractivity contribution in [2.45, 2.75) is 50.9 Å². The number of nitriles is 2. The third-order valence-electron chi connectivity index (χ3n) is 10.6. The molecule has 0 spiro atoms. The Morgan fingerprint density at radius 2 is 1.29 bits per heavy atom. The van der Waals surface area contributed by atoms with Gasteiger partial charge in [0.05, 0.1) is 28.2 Å². The van der Waals surface area contributed by atoms with Gasteiger partial charge in [0.15, 0.2) is 5.58 Å². The summed E-state index contributed by atoms with van der Waals surface area (Å²) in [5.41, 5.74) is 9.60.